The molecule has 0 nitrogen and oxygen atoms in total. The molecule has 0 spiro atoms. The van der Waals surface area contributed by atoms with Gasteiger partial charge in [-0.1, -0.05) is 160 Å². The molecule has 0 aliphatic rings. The van der Waals surface area contributed by atoms with E-state index in [0.717, 1.165) is 0 Å². The summed E-state index contributed by atoms with van der Waals surface area (Å²) >= 11 is -1.44. The van der Waals surface area contributed by atoms with Gasteiger partial charge in [0.1, 0.15) is 0 Å². The average molecular weight is 1160 g/mol. The van der Waals surface area contributed by atoms with E-state index in [1.165, 1.54) is 151 Å². The summed E-state index contributed by atoms with van der Waals surface area (Å²) in [7, 11) is 21.4. The van der Waals surface area contributed by atoms with Crippen molar-refractivity contribution in [1.82, 2.24) is 0 Å². The third-order valence-electron chi connectivity index (χ3n) is 6.48. The fourth-order valence-corrected chi connectivity index (χ4v) is 15.4. The normalized spacial score (nSPS) is 10.2. The molecule has 0 atom stereocenters. The first kappa shape index (κ1) is 62.2. The summed E-state index contributed by atoms with van der Waals surface area (Å²) in [6.45, 7) is 27.7. The Hall–Kier alpha value is 4.20. The Morgan fingerprint density at radius 2 is 0.304 bits per heavy atom. The molecule has 0 heterocycles. The van der Waals surface area contributed by atoms with Gasteiger partial charge in [-0.15, -0.1) is 31.7 Å². The molecule has 0 aromatic carbocycles. The van der Waals surface area contributed by atoms with E-state index < -0.39 is 31.9 Å². The molecule has 0 saturated heterocycles. The monoisotopic (exact) mass is 1150 g/mol. The molecule has 46 heavy (non-hydrogen) atoms. The molecule has 0 bridgehead atoms. The van der Waals surface area contributed by atoms with Crippen LogP contribution >= 0.6 is 69.8 Å². The molecular formula is C36H84Cl4P4Re2. The SMILES string of the molecule is CCCP(CCC)CCC.CCCP(CCC)CCC.CCCP(CCC)CCC.CCCP(CCC)CCC.[Cl][Re][Cl].[Cl][Re][Cl]. The van der Waals surface area contributed by atoms with Crippen molar-refractivity contribution in [2.24, 2.45) is 0 Å². The zero-order valence-electron chi connectivity index (χ0n) is 33.0. The molecular weight excluding hydrogens is 1070 g/mol. The van der Waals surface area contributed by atoms with E-state index in [4.69, 9.17) is 38.1 Å². The Morgan fingerprint density at radius 3 is 0.348 bits per heavy atom. The zero-order chi connectivity index (χ0) is 36.7. The van der Waals surface area contributed by atoms with E-state index in [2.05, 4.69) is 83.1 Å². The van der Waals surface area contributed by atoms with Crippen molar-refractivity contribution in [3.05, 3.63) is 0 Å². The van der Waals surface area contributed by atoms with Crippen LogP contribution in [-0.4, -0.2) is 73.9 Å². The molecule has 0 amide bonds. The standard InChI is InChI=1S/4C9H21P.4ClH.2Re/c4*1-4-7-10(8-5-2)9-6-3;;;;;;/h4*4-9H2,1-3H3;4*1H;;/q;;;;;;;;2*+2/p-4. The Bertz CT molecular complexity index is 318. The molecule has 0 aliphatic heterocycles. The summed E-state index contributed by atoms with van der Waals surface area (Å²) in [6.07, 6.45) is 34.9. The van der Waals surface area contributed by atoms with Crippen molar-refractivity contribution in [1.29, 1.82) is 0 Å². The van der Waals surface area contributed by atoms with Gasteiger partial charge in [0.15, 0.2) is 0 Å². The minimum atomic E-state index is -0.722. The van der Waals surface area contributed by atoms with Gasteiger partial charge in [0.2, 0.25) is 0 Å². The van der Waals surface area contributed by atoms with Crippen molar-refractivity contribution in [2.45, 2.75) is 160 Å². The molecule has 0 radical (unpaired) electrons. The van der Waals surface area contributed by atoms with Crippen LogP contribution in [-0.2, 0) is 31.9 Å². The van der Waals surface area contributed by atoms with Gasteiger partial charge in [-0.3, -0.25) is 0 Å². The first-order valence-electron chi connectivity index (χ1n) is 18.9. The predicted molar refractivity (Wildman–Crippen MR) is 233 cm³/mol. The number of rotatable bonds is 24. The number of hydrogen-bond acceptors (Lipinski definition) is 0. The minimum absolute atomic E-state index is 0.439. The third-order valence-corrected chi connectivity index (χ3v) is 19.4. The maximum atomic E-state index is 4.92. The van der Waals surface area contributed by atoms with Gasteiger partial charge >= 0.3 is 70.0 Å². The van der Waals surface area contributed by atoms with Crippen molar-refractivity contribution < 1.29 is 31.9 Å². The van der Waals surface area contributed by atoms with Crippen molar-refractivity contribution in [2.75, 3.05) is 73.9 Å². The summed E-state index contributed by atoms with van der Waals surface area (Å²) in [5.74, 6) is 0. The second-order valence-corrected chi connectivity index (χ2v) is 30.1. The van der Waals surface area contributed by atoms with E-state index in [9.17, 15) is 0 Å². The Balaban J connectivity index is -0.000000109. The molecule has 0 unspecified atom stereocenters. The molecule has 290 valence electrons. The molecule has 0 fully saturated rings. The first-order chi connectivity index (χ1) is 22.2. The Labute approximate surface area is 332 Å². The van der Waals surface area contributed by atoms with Crippen LogP contribution in [0.3, 0.4) is 0 Å². The van der Waals surface area contributed by atoms with Crippen LogP contribution in [0.1, 0.15) is 160 Å². The van der Waals surface area contributed by atoms with Crippen LogP contribution in [0.5, 0.6) is 0 Å². The molecule has 0 N–H and O–H groups in total. The molecule has 10 heteroatoms. The zero-order valence-corrected chi connectivity index (χ0v) is 45.1. The van der Waals surface area contributed by atoms with Crippen LogP contribution in [0.25, 0.3) is 0 Å². The van der Waals surface area contributed by atoms with Gasteiger partial charge in [-0.25, -0.2) is 0 Å². The number of halogens is 4. The van der Waals surface area contributed by atoms with Gasteiger partial charge in [0, 0.05) is 0 Å². The Morgan fingerprint density at radius 1 is 0.239 bits per heavy atom. The fourth-order valence-electron chi connectivity index (χ4n) is 5.14. The van der Waals surface area contributed by atoms with Gasteiger partial charge in [0.05, 0.1) is 0 Å². The molecule has 0 aromatic rings. The fraction of sp³-hybridized carbons (Fsp3) is 1.00. The van der Waals surface area contributed by atoms with E-state index >= 15 is 0 Å². The topological polar surface area (TPSA) is 0 Å². The maximum absolute atomic E-state index is 4.92. The van der Waals surface area contributed by atoms with Gasteiger partial charge in [0.25, 0.3) is 0 Å². The molecule has 0 aromatic heterocycles. The van der Waals surface area contributed by atoms with E-state index in [0.29, 0.717) is 31.7 Å². The van der Waals surface area contributed by atoms with Crippen molar-refractivity contribution >= 4 is 69.8 Å². The summed E-state index contributed by atoms with van der Waals surface area (Å²) in [5.41, 5.74) is 0. The molecule has 0 rings (SSSR count). The van der Waals surface area contributed by atoms with Crippen LogP contribution in [0, 0.1) is 0 Å². The molecule has 0 aliphatic carbocycles. The second kappa shape index (κ2) is 64.2. The third kappa shape index (κ3) is 66.5. The summed E-state index contributed by atoms with van der Waals surface area (Å²) in [5, 5.41) is 0. The van der Waals surface area contributed by atoms with Crippen molar-refractivity contribution in [3.63, 3.8) is 0 Å². The average Bonchev–Trinajstić information content (AvgIpc) is 3.01. The van der Waals surface area contributed by atoms with Crippen LogP contribution in [0.2, 0.25) is 0 Å². The van der Waals surface area contributed by atoms with Crippen LogP contribution < -0.4 is 0 Å². The first-order valence-corrected chi connectivity index (χ1v) is 39.9. The van der Waals surface area contributed by atoms with Gasteiger partial charge in [-0.05, 0) is 73.9 Å². The number of hydrogen-bond donors (Lipinski definition) is 0. The van der Waals surface area contributed by atoms with Crippen LogP contribution in [0.15, 0.2) is 0 Å². The van der Waals surface area contributed by atoms with E-state index in [1.54, 1.807) is 0 Å². The Kier molecular flexibility index (Phi) is 86.8. The van der Waals surface area contributed by atoms with E-state index in [1.807, 2.05) is 0 Å². The summed E-state index contributed by atoms with van der Waals surface area (Å²) < 4.78 is 0. The summed E-state index contributed by atoms with van der Waals surface area (Å²) in [4.78, 5) is 0. The summed E-state index contributed by atoms with van der Waals surface area (Å²) in [6, 6.07) is 0. The van der Waals surface area contributed by atoms with Crippen LogP contribution in [0.4, 0.5) is 0 Å². The molecule has 0 saturated carbocycles. The quantitative estimate of drug-likeness (QED) is 0.0845. The van der Waals surface area contributed by atoms with Gasteiger partial charge in [-0.2, -0.15) is 0 Å². The van der Waals surface area contributed by atoms with E-state index in [-0.39, 0.29) is 0 Å². The predicted octanol–water partition coefficient (Wildman–Crippen LogP) is 17.5. The van der Waals surface area contributed by atoms with Gasteiger partial charge < -0.3 is 0 Å². The second-order valence-electron chi connectivity index (χ2n) is 11.5. The van der Waals surface area contributed by atoms with Crippen molar-refractivity contribution in [3.8, 4) is 0 Å².